The van der Waals surface area contributed by atoms with Crippen molar-refractivity contribution in [2.45, 2.75) is 25.1 Å². The van der Waals surface area contributed by atoms with Crippen molar-refractivity contribution in [3.05, 3.63) is 35.4 Å². The zero-order valence-corrected chi connectivity index (χ0v) is 12.2. The summed E-state index contributed by atoms with van der Waals surface area (Å²) in [5, 5.41) is 2.42. The number of nitrogens with two attached hydrogens (primary N) is 1. The third kappa shape index (κ3) is 4.44. The van der Waals surface area contributed by atoms with Gasteiger partial charge in [0.25, 0.3) is 0 Å². The summed E-state index contributed by atoms with van der Waals surface area (Å²) in [6, 6.07) is 3.70. The number of hydrogen-bond donors (Lipinski definition) is 2. The quantitative estimate of drug-likeness (QED) is 0.853. The molecule has 126 valence electrons. The van der Waals surface area contributed by atoms with Crippen LogP contribution in [0, 0.1) is 5.92 Å². The monoisotopic (exact) mass is 330 g/mol. The predicted octanol–water partition coefficient (Wildman–Crippen LogP) is 1.25. The van der Waals surface area contributed by atoms with E-state index in [1.54, 1.807) is 0 Å². The van der Waals surface area contributed by atoms with Gasteiger partial charge in [-0.3, -0.25) is 9.59 Å². The van der Waals surface area contributed by atoms with E-state index in [4.69, 9.17) is 10.5 Å². The van der Waals surface area contributed by atoms with E-state index in [0.29, 0.717) is 13.0 Å². The van der Waals surface area contributed by atoms with Crippen LogP contribution in [0.1, 0.15) is 17.5 Å². The molecule has 1 aliphatic heterocycles. The molecule has 1 aromatic carbocycles. The van der Waals surface area contributed by atoms with Gasteiger partial charge in [0.15, 0.2) is 0 Å². The van der Waals surface area contributed by atoms with Crippen molar-refractivity contribution in [3.8, 4) is 0 Å². The molecule has 5 nitrogen and oxygen atoms in total. The largest absolute Gasteiger partial charge is 0.416 e. The van der Waals surface area contributed by atoms with Crippen molar-refractivity contribution < 1.29 is 27.5 Å². The number of rotatable bonds is 5. The summed E-state index contributed by atoms with van der Waals surface area (Å²) in [5.41, 5.74) is 4.29. The Morgan fingerprint density at radius 3 is 2.61 bits per heavy atom. The Morgan fingerprint density at radius 2 is 2.04 bits per heavy atom. The molecule has 0 aromatic heterocycles. The van der Waals surface area contributed by atoms with Crippen LogP contribution in [0.15, 0.2) is 24.3 Å². The molecule has 8 heteroatoms. The highest BCUT2D eigenvalue weighted by molar-refractivity contribution is 5.88. The van der Waals surface area contributed by atoms with E-state index < -0.39 is 35.5 Å². The van der Waals surface area contributed by atoms with Gasteiger partial charge in [-0.25, -0.2) is 0 Å². The van der Waals surface area contributed by atoms with Crippen LogP contribution in [0.25, 0.3) is 0 Å². The number of halogens is 3. The summed E-state index contributed by atoms with van der Waals surface area (Å²) in [6.45, 7) is 0.673. The van der Waals surface area contributed by atoms with Crippen molar-refractivity contribution in [2.24, 2.45) is 11.7 Å². The average Bonchev–Trinajstić information content (AvgIpc) is 3.00. The van der Waals surface area contributed by atoms with Crippen LogP contribution in [0.5, 0.6) is 0 Å². The second-order valence-corrected chi connectivity index (χ2v) is 5.38. The minimum Gasteiger partial charge on any atom is -0.381 e. The minimum atomic E-state index is -4.54. The molecule has 0 aliphatic carbocycles. The van der Waals surface area contributed by atoms with Crippen molar-refractivity contribution in [1.82, 2.24) is 5.32 Å². The molecule has 0 unspecified atom stereocenters. The first-order valence-corrected chi connectivity index (χ1v) is 7.11. The van der Waals surface area contributed by atoms with E-state index >= 15 is 0 Å². The zero-order chi connectivity index (χ0) is 17.0. The topological polar surface area (TPSA) is 81.4 Å². The van der Waals surface area contributed by atoms with Crippen LogP contribution < -0.4 is 11.1 Å². The number of carbonyl (C=O) groups excluding carboxylic acids is 2. The maximum absolute atomic E-state index is 13.0. The Hall–Kier alpha value is -2.09. The number of amides is 2. The van der Waals surface area contributed by atoms with Crippen LogP contribution >= 0.6 is 0 Å². The van der Waals surface area contributed by atoms with Crippen LogP contribution in [0.3, 0.4) is 0 Å². The number of primary amides is 1. The number of alkyl halides is 3. The summed E-state index contributed by atoms with van der Waals surface area (Å²) in [6.07, 6.45) is -4.34. The minimum absolute atomic E-state index is 0.0910. The highest BCUT2D eigenvalue weighted by atomic mass is 19.4. The molecular weight excluding hydrogens is 313 g/mol. The van der Waals surface area contributed by atoms with Crippen LogP contribution in [0.2, 0.25) is 0 Å². The molecular formula is C15H17F3N2O3. The summed E-state index contributed by atoms with van der Waals surface area (Å²) in [4.78, 5) is 23.5. The van der Waals surface area contributed by atoms with E-state index in [1.165, 1.54) is 18.2 Å². The number of ether oxygens (including phenoxy) is 1. The Morgan fingerprint density at radius 1 is 1.35 bits per heavy atom. The van der Waals surface area contributed by atoms with E-state index in [1.807, 2.05) is 0 Å². The van der Waals surface area contributed by atoms with Crippen molar-refractivity contribution in [2.75, 3.05) is 13.2 Å². The molecule has 2 rings (SSSR count). The SMILES string of the molecule is NC(=O)[C@@H](Cc1ccccc1C(F)(F)F)NC(=O)[C@@H]1CCOC1. The molecule has 1 saturated heterocycles. The summed E-state index contributed by atoms with van der Waals surface area (Å²) in [7, 11) is 0. The molecule has 0 radical (unpaired) electrons. The Bertz CT molecular complexity index is 584. The average molecular weight is 330 g/mol. The van der Waals surface area contributed by atoms with Gasteiger partial charge in [0.2, 0.25) is 11.8 Å². The van der Waals surface area contributed by atoms with Crippen LogP contribution in [-0.2, 0) is 26.9 Å². The molecule has 0 saturated carbocycles. The number of benzene rings is 1. The Labute approximate surface area is 131 Å². The number of carbonyl (C=O) groups is 2. The van der Waals surface area contributed by atoms with E-state index in [0.717, 1.165) is 6.07 Å². The Balaban J connectivity index is 2.14. The van der Waals surface area contributed by atoms with Gasteiger partial charge in [0.05, 0.1) is 18.1 Å². The third-order valence-corrected chi connectivity index (χ3v) is 3.71. The van der Waals surface area contributed by atoms with Gasteiger partial charge in [-0.15, -0.1) is 0 Å². The van der Waals surface area contributed by atoms with Gasteiger partial charge in [0.1, 0.15) is 6.04 Å². The third-order valence-electron chi connectivity index (χ3n) is 3.71. The second-order valence-electron chi connectivity index (χ2n) is 5.38. The van der Waals surface area contributed by atoms with Gasteiger partial charge in [0, 0.05) is 13.0 Å². The smallest absolute Gasteiger partial charge is 0.381 e. The number of nitrogens with one attached hydrogen (secondary N) is 1. The summed E-state index contributed by atoms with van der Waals surface area (Å²) in [5.74, 6) is -1.72. The van der Waals surface area contributed by atoms with Crippen molar-refractivity contribution >= 4 is 11.8 Å². The lowest BCUT2D eigenvalue weighted by Crippen LogP contribution is -2.48. The zero-order valence-electron chi connectivity index (χ0n) is 12.2. The fourth-order valence-corrected chi connectivity index (χ4v) is 2.45. The van der Waals surface area contributed by atoms with Crippen molar-refractivity contribution in [3.63, 3.8) is 0 Å². The molecule has 23 heavy (non-hydrogen) atoms. The lowest BCUT2D eigenvalue weighted by Gasteiger charge is -2.20. The first kappa shape index (κ1) is 17.3. The maximum atomic E-state index is 13.0. The van der Waals surface area contributed by atoms with Crippen molar-refractivity contribution in [1.29, 1.82) is 0 Å². The molecule has 2 atom stereocenters. The molecule has 1 aromatic rings. The highest BCUT2D eigenvalue weighted by Crippen LogP contribution is 2.32. The van der Waals surface area contributed by atoms with Gasteiger partial charge < -0.3 is 15.8 Å². The standard InChI is InChI=1S/C15H17F3N2O3/c16-15(17,18)11-4-2-1-3-9(11)7-12(13(19)21)20-14(22)10-5-6-23-8-10/h1-4,10,12H,5-8H2,(H2,19,21)(H,20,22)/t10-,12-/m1/s1. The van der Waals surface area contributed by atoms with Gasteiger partial charge in [-0.1, -0.05) is 18.2 Å². The van der Waals surface area contributed by atoms with Crippen LogP contribution in [-0.4, -0.2) is 31.1 Å². The first-order chi connectivity index (χ1) is 10.8. The van der Waals surface area contributed by atoms with Crippen LogP contribution in [0.4, 0.5) is 13.2 Å². The normalized spacial score (nSPS) is 19.3. The number of hydrogen-bond acceptors (Lipinski definition) is 3. The highest BCUT2D eigenvalue weighted by Gasteiger charge is 2.34. The second kappa shape index (κ2) is 6.99. The van der Waals surface area contributed by atoms with E-state index in [9.17, 15) is 22.8 Å². The predicted molar refractivity (Wildman–Crippen MR) is 75.2 cm³/mol. The van der Waals surface area contributed by atoms with E-state index in [2.05, 4.69) is 5.32 Å². The lowest BCUT2D eigenvalue weighted by atomic mass is 9.98. The molecule has 0 spiro atoms. The Kier molecular flexibility index (Phi) is 5.25. The lowest BCUT2D eigenvalue weighted by molar-refractivity contribution is -0.138. The molecule has 1 aliphatic rings. The van der Waals surface area contributed by atoms with Gasteiger partial charge in [-0.2, -0.15) is 13.2 Å². The summed E-state index contributed by atoms with van der Waals surface area (Å²) >= 11 is 0. The molecule has 0 bridgehead atoms. The maximum Gasteiger partial charge on any atom is 0.416 e. The molecule has 1 heterocycles. The van der Waals surface area contributed by atoms with Gasteiger partial charge >= 0.3 is 6.18 Å². The fourth-order valence-electron chi connectivity index (χ4n) is 2.45. The first-order valence-electron chi connectivity index (χ1n) is 7.11. The molecule has 3 N–H and O–H groups in total. The molecule has 1 fully saturated rings. The molecule has 2 amide bonds. The van der Waals surface area contributed by atoms with Gasteiger partial charge in [-0.05, 0) is 18.1 Å². The van der Waals surface area contributed by atoms with E-state index in [-0.39, 0.29) is 18.6 Å². The fraction of sp³-hybridized carbons (Fsp3) is 0.467. The summed E-state index contributed by atoms with van der Waals surface area (Å²) < 4.78 is 44.0.